The van der Waals surface area contributed by atoms with Crippen molar-refractivity contribution in [1.29, 1.82) is 0 Å². The second-order valence-corrected chi connectivity index (χ2v) is 5.95. The van der Waals surface area contributed by atoms with Crippen LogP contribution < -0.4 is 11.0 Å². The standard InChI is InChI=1S/C16H22N4O2/c1-11-10-17-7-8-20(11)15(21)4-2-3-12-5-6-13-14(9-12)19-16(22)18-13/h5-6,9,11,17H,2-4,7-8,10H2,1H3,(H2,18,19,22)/t11-/m0/s1. The van der Waals surface area contributed by atoms with Gasteiger partial charge in [0.1, 0.15) is 0 Å². The number of amides is 1. The van der Waals surface area contributed by atoms with Crippen LogP contribution in [0.15, 0.2) is 23.0 Å². The largest absolute Gasteiger partial charge is 0.337 e. The fourth-order valence-electron chi connectivity index (χ4n) is 3.03. The molecule has 1 saturated heterocycles. The highest BCUT2D eigenvalue weighted by Gasteiger charge is 2.22. The van der Waals surface area contributed by atoms with Crippen molar-refractivity contribution in [1.82, 2.24) is 20.2 Å². The maximum atomic E-state index is 12.3. The molecule has 1 amide bonds. The van der Waals surface area contributed by atoms with Gasteiger partial charge < -0.3 is 20.2 Å². The Balaban J connectivity index is 1.55. The number of aromatic nitrogens is 2. The Hall–Kier alpha value is -2.08. The number of nitrogens with one attached hydrogen (secondary N) is 3. The summed E-state index contributed by atoms with van der Waals surface area (Å²) >= 11 is 0. The Bertz CT molecular complexity index is 718. The molecule has 0 aliphatic carbocycles. The quantitative estimate of drug-likeness (QED) is 0.788. The van der Waals surface area contributed by atoms with E-state index >= 15 is 0 Å². The molecule has 0 spiro atoms. The minimum Gasteiger partial charge on any atom is -0.337 e. The second kappa shape index (κ2) is 6.36. The fourth-order valence-corrected chi connectivity index (χ4v) is 3.03. The highest BCUT2D eigenvalue weighted by atomic mass is 16.2. The number of piperazine rings is 1. The lowest BCUT2D eigenvalue weighted by molar-refractivity contribution is -0.134. The van der Waals surface area contributed by atoms with Crippen LogP contribution in [0.3, 0.4) is 0 Å². The van der Waals surface area contributed by atoms with Crippen LogP contribution in [0, 0.1) is 0 Å². The molecule has 3 rings (SSSR count). The molecule has 1 aliphatic rings. The van der Waals surface area contributed by atoms with Crippen molar-refractivity contribution in [3.05, 3.63) is 34.2 Å². The van der Waals surface area contributed by atoms with E-state index in [1.54, 1.807) is 0 Å². The van der Waals surface area contributed by atoms with E-state index in [0.29, 0.717) is 6.42 Å². The lowest BCUT2D eigenvalue weighted by atomic mass is 10.1. The molecule has 1 fully saturated rings. The van der Waals surface area contributed by atoms with Crippen molar-refractivity contribution < 1.29 is 4.79 Å². The molecule has 3 N–H and O–H groups in total. The monoisotopic (exact) mass is 302 g/mol. The van der Waals surface area contributed by atoms with Gasteiger partial charge in [0.2, 0.25) is 5.91 Å². The molecule has 6 nitrogen and oxygen atoms in total. The minimum absolute atomic E-state index is 0.185. The zero-order chi connectivity index (χ0) is 15.5. The molecule has 0 saturated carbocycles. The number of hydrogen-bond acceptors (Lipinski definition) is 3. The number of imidazole rings is 1. The molecule has 1 aromatic carbocycles. The van der Waals surface area contributed by atoms with Crippen LogP contribution in [0.2, 0.25) is 0 Å². The van der Waals surface area contributed by atoms with Crippen LogP contribution in [0.4, 0.5) is 0 Å². The lowest BCUT2D eigenvalue weighted by Crippen LogP contribution is -2.52. The Kier molecular flexibility index (Phi) is 4.29. The van der Waals surface area contributed by atoms with Gasteiger partial charge in [-0.25, -0.2) is 4.79 Å². The Morgan fingerprint density at radius 3 is 2.95 bits per heavy atom. The first-order valence-electron chi connectivity index (χ1n) is 7.84. The predicted molar refractivity (Wildman–Crippen MR) is 85.9 cm³/mol. The van der Waals surface area contributed by atoms with Crippen LogP contribution in [-0.4, -0.2) is 46.5 Å². The molecular weight excluding hydrogens is 280 g/mol. The predicted octanol–water partition coefficient (Wildman–Crippen LogP) is 0.999. The Labute approximate surface area is 128 Å². The van der Waals surface area contributed by atoms with Crippen molar-refractivity contribution in [2.24, 2.45) is 0 Å². The number of hydrogen-bond donors (Lipinski definition) is 3. The van der Waals surface area contributed by atoms with E-state index < -0.39 is 0 Å². The number of carbonyl (C=O) groups excluding carboxylic acids is 1. The molecule has 0 bridgehead atoms. The van der Waals surface area contributed by atoms with E-state index in [1.807, 2.05) is 23.1 Å². The minimum atomic E-state index is -0.185. The molecule has 0 unspecified atom stereocenters. The smallest absolute Gasteiger partial charge is 0.323 e. The highest BCUT2D eigenvalue weighted by molar-refractivity contribution is 5.77. The number of carbonyl (C=O) groups is 1. The van der Waals surface area contributed by atoms with E-state index in [-0.39, 0.29) is 17.6 Å². The van der Waals surface area contributed by atoms with Gasteiger partial charge in [-0.1, -0.05) is 6.07 Å². The van der Waals surface area contributed by atoms with Gasteiger partial charge in [-0.3, -0.25) is 4.79 Å². The van der Waals surface area contributed by atoms with E-state index in [1.165, 1.54) is 0 Å². The van der Waals surface area contributed by atoms with Gasteiger partial charge in [0.25, 0.3) is 0 Å². The number of rotatable bonds is 4. The van der Waals surface area contributed by atoms with Crippen molar-refractivity contribution in [3.8, 4) is 0 Å². The molecular formula is C16H22N4O2. The number of benzene rings is 1. The van der Waals surface area contributed by atoms with Crippen LogP contribution in [0.1, 0.15) is 25.3 Å². The third-order valence-electron chi connectivity index (χ3n) is 4.26. The molecule has 2 heterocycles. The maximum absolute atomic E-state index is 12.3. The number of nitrogens with zero attached hydrogens (tertiary/aromatic N) is 1. The number of H-pyrrole nitrogens is 2. The SMILES string of the molecule is C[C@H]1CNCCN1C(=O)CCCc1ccc2[nH]c(=O)[nH]c2c1. The summed E-state index contributed by atoms with van der Waals surface area (Å²) in [5.74, 6) is 0.241. The third-order valence-corrected chi connectivity index (χ3v) is 4.26. The van der Waals surface area contributed by atoms with Gasteiger partial charge in [0.05, 0.1) is 11.0 Å². The van der Waals surface area contributed by atoms with Gasteiger partial charge >= 0.3 is 5.69 Å². The molecule has 1 atom stereocenters. The first-order valence-corrected chi connectivity index (χ1v) is 7.84. The molecule has 1 aliphatic heterocycles. The fraction of sp³-hybridized carbons (Fsp3) is 0.500. The van der Waals surface area contributed by atoms with E-state index in [4.69, 9.17) is 0 Å². The summed E-state index contributed by atoms with van der Waals surface area (Å²) in [6, 6.07) is 6.17. The molecule has 22 heavy (non-hydrogen) atoms. The lowest BCUT2D eigenvalue weighted by Gasteiger charge is -2.34. The van der Waals surface area contributed by atoms with Crippen LogP contribution in [0.5, 0.6) is 0 Å². The highest BCUT2D eigenvalue weighted by Crippen LogP contribution is 2.14. The zero-order valence-corrected chi connectivity index (χ0v) is 12.8. The maximum Gasteiger partial charge on any atom is 0.323 e. The average molecular weight is 302 g/mol. The molecule has 6 heteroatoms. The molecule has 118 valence electrons. The number of aromatic amines is 2. The van der Waals surface area contributed by atoms with Crippen LogP contribution in [-0.2, 0) is 11.2 Å². The summed E-state index contributed by atoms with van der Waals surface area (Å²) in [4.78, 5) is 31.0. The van der Waals surface area contributed by atoms with Gasteiger partial charge in [-0.15, -0.1) is 0 Å². The normalized spacial score (nSPS) is 18.8. The summed E-state index contributed by atoms with van der Waals surface area (Å²) in [5, 5.41) is 3.29. The summed E-state index contributed by atoms with van der Waals surface area (Å²) in [7, 11) is 0. The first-order chi connectivity index (χ1) is 10.6. The van der Waals surface area contributed by atoms with Gasteiger partial charge in [-0.05, 0) is 37.5 Å². The van der Waals surface area contributed by atoms with E-state index in [0.717, 1.165) is 49.1 Å². The summed E-state index contributed by atoms with van der Waals surface area (Å²) in [5.41, 5.74) is 2.60. The van der Waals surface area contributed by atoms with Crippen LogP contribution in [0.25, 0.3) is 11.0 Å². The molecule has 1 aromatic heterocycles. The molecule has 2 aromatic rings. The Morgan fingerprint density at radius 1 is 1.32 bits per heavy atom. The Morgan fingerprint density at radius 2 is 2.14 bits per heavy atom. The van der Waals surface area contributed by atoms with Crippen molar-refractivity contribution in [3.63, 3.8) is 0 Å². The van der Waals surface area contributed by atoms with Crippen LogP contribution >= 0.6 is 0 Å². The van der Waals surface area contributed by atoms with Crippen molar-refractivity contribution >= 4 is 16.9 Å². The third kappa shape index (κ3) is 3.22. The summed E-state index contributed by atoms with van der Waals surface area (Å²) in [6.07, 6.45) is 2.25. The zero-order valence-electron chi connectivity index (χ0n) is 12.8. The number of aryl methyl sites for hydroxylation is 1. The number of fused-ring (bicyclic) bond motifs is 1. The second-order valence-electron chi connectivity index (χ2n) is 5.95. The molecule has 0 radical (unpaired) electrons. The van der Waals surface area contributed by atoms with Crippen molar-refractivity contribution in [2.45, 2.75) is 32.2 Å². The summed E-state index contributed by atoms with van der Waals surface area (Å²) < 4.78 is 0. The average Bonchev–Trinajstić information content (AvgIpc) is 2.87. The van der Waals surface area contributed by atoms with Gasteiger partial charge in [-0.2, -0.15) is 0 Å². The van der Waals surface area contributed by atoms with E-state index in [2.05, 4.69) is 22.2 Å². The van der Waals surface area contributed by atoms with E-state index in [9.17, 15) is 9.59 Å². The van der Waals surface area contributed by atoms with Crippen molar-refractivity contribution in [2.75, 3.05) is 19.6 Å². The topological polar surface area (TPSA) is 81.0 Å². The first kappa shape index (κ1) is 14.8. The van der Waals surface area contributed by atoms with Gasteiger partial charge in [0, 0.05) is 32.1 Å². The summed E-state index contributed by atoms with van der Waals surface area (Å²) in [6.45, 7) is 4.65. The van der Waals surface area contributed by atoms with Gasteiger partial charge in [0.15, 0.2) is 0 Å².